The van der Waals surface area contributed by atoms with Gasteiger partial charge in [0.15, 0.2) is 0 Å². The second kappa shape index (κ2) is 6.40. The van der Waals surface area contributed by atoms with Crippen LogP contribution in [-0.4, -0.2) is 32.7 Å². The van der Waals surface area contributed by atoms with E-state index in [1.807, 2.05) is 0 Å². The molecule has 4 heteroatoms. The minimum Gasteiger partial charge on any atom is -0.497 e. The van der Waals surface area contributed by atoms with Crippen LogP contribution < -0.4 is 15.4 Å². The molecule has 18 heavy (non-hydrogen) atoms. The Labute approximate surface area is 108 Å². The summed E-state index contributed by atoms with van der Waals surface area (Å²) in [4.78, 5) is 11.9. The highest BCUT2D eigenvalue weighted by Gasteiger charge is 2.14. The zero-order valence-corrected chi connectivity index (χ0v) is 10.7. The van der Waals surface area contributed by atoms with E-state index >= 15 is 0 Å². The predicted molar refractivity (Wildman–Crippen MR) is 70.9 cm³/mol. The van der Waals surface area contributed by atoms with Crippen LogP contribution in [0.1, 0.15) is 23.2 Å². The van der Waals surface area contributed by atoms with Crippen molar-refractivity contribution in [3.8, 4) is 5.75 Å². The molecule has 1 aromatic carbocycles. The molecule has 0 saturated carbocycles. The number of hydrogen-bond acceptors (Lipinski definition) is 3. The Kier molecular flexibility index (Phi) is 4.59. The normalized spacial score (nSPS) is 19.3. The third kappa shape index (κ3) is 3.47. The third-order valence-electron chi connectivity index (χ3n) is 3.30. The first-order valence-electron chi connectivity index (χ1n) is 6.42. The zero-order chi connectivity index (χ0) is 12.8. The molecule has 1 aromatic rings. The van der Waals surface area contributed by atoms with Gasteiger partial charge in [-0.15, -0.1) is 0 Å². The summed E-state index contributed by atoms with van der Waals surface area (Å²) in [6.07, 6.45) is 2.39. The second-order valence-corrected chi connectivity index (χ2v) is 4.65. The Bertz CT molecular complexity index is 383. The van der Waals surface area contributed by atoms with Crippen molar-refractivity contribution in [2.45, 2.75) is 12.8 Å². The molecule has 2 N–H and O–H groups in total. The highest BCUT2D eigenvalue weighted by molar-refractivity contribution is 5.94. The van der Waals surface area contributed by atoms with Gasteiger partial charge in [0.1, 0.15) is 5.75 Å². The van der Waals surface area contributed by atoms with Crippen molar-refractivity contribution in [3.05, 3.63) is 29.8 Å². The molecule has 0 radical (unpaired) electrons. The van der Waals surface area contributed by atoms with Gasteiger partial charge in [0, 0.05) is 12.1 Å². The fraction of sp³-hybridized carbons (Fsp3) is 0.500. The average molecular weight is 248 g/mol. The molecule has 4 nitrogen and oxygen atoms in total. The van der Waals surface area contributed by atoms with Crippen molar-refractivity contribution < 1.29 is 9.53 Å². The fourth-order valence-corrected chi connectivity index (χ4v) is 2.18. The lowest BCUT2D eigenvalue weighted by molar-refractivity contribution is 0.0945. The van der Waals surface area contributed by atoms with E-state index in [4.69, 9.17) is 4.74 Å². The summed E-state index contributed by atoms with van der Waals surface area (Å²) in [6.45, 7) is 2.85. The number of carbonyl (C=O) groups excluding carboxylic acids is 1. The van der Waals surface area contributed by atoms with Crippen molar-refractivity contribution in [1.82, 2.24) is 10.6 Å². The van der Waals surface area contributed by atoms with E-state index in [2.05, 4.69) is 10.6 Å². The first kappa shape index (κ1) is 12.9. The summed E-state index contributed by atoms with van der Waals surface area (Å²) in [6, 6.07) is 7.18. The summed E-state index contributed by atoms with van der Waals surface area (Å²) in [5, 5.41) is 6.33. The molecule has 1 aliphatic heterocycles. The maximum atomic E-state index is 11.9. The molecule has 1 aliphatic rings. The molecule has 0 aliphatic carbocycles. The number of methoxy groups -OCH3 is 1. The minimum atomic E-state index is -0.0109. The third-order valence-corrected chi connectivity index (χ3v) is 3.30. The molecule has 0 spiro atoms. The van der Waals surface area contributed by atoms with Crippen molar-refractivity contribution >= 4 is 5.91 Å². The predicted octanol–water partition coefficient (Wildman–Crippen LogP) is 1.42. The summed E-state index contributed by atoms with van der Waals surface area (Å²) >= 11 is 0. The van der Waals surface area contributed by atoms with Gasteiger partial charge >= 0.3 is 0 Å². The number of carbonyl (C=O) groups is 1. The molecule has 0 unspecified atom stereocenters. The summed E-state index contributed by atoms with van der Waals surface area (Å²) < 4.78 is 5.06. The molecule has 1 amide bonds. The van der Waals surface area contributed by atoms with E-state index in [0.29, 0.717) is 11.5 Å². The van der Waals surface area contributed by atoms with Gasteiger partial charge in [-0.05, 0) is 56.1 Å². The summed E-state index contributed by atoms with van der Waals surface area (Å²) in [5.74, 6) is 1.31. The quantitative estimate of drug-likeness (QED) is 0.847. The lowest BCUT2D eigenvalue weighted by Crippen LogP contribution is -2.38. The highest BCUT2D eigenvalue weighted by atomic mass is 16.5. The maximum Gasteiger partial charge on any atom is 0.251 e. The van der Waals surface area contributed by atoms with E-state index in [1.54, 1.807) is 31.4 Å². The van der Waals surface area contributed by atoms with Crippen LogP contribution in [0, 0.1) is 5.92 Å². The monoisotopic (exact) mass is 248 g/mol. The largest absolute Gasteiger partial charge is 0.497 e. The summed E-state index contributed by atoms with van der Waals surface area (Å²) in [7, 11) is 1.62. The van der Waals surface area contributed by atoms with Gasteiger partial charge in [-0.25, -0.2) is 0 Å². The fourth-order valence-electron chi connectivity index (χ4n) is 2.18. The van der Waals surface area contributed by atoms with Crippen LogP contribution >= 0.6 is 0 Å². The lowest BCUT2D eigenvalue weighted by Gasteiger charge is -2.22. The van der Waals surface area contributed by atoms with Crippen molar-refractivity contribution in [2.75, 3.05) is 26.7 Å². The Morgan fingerprint density at radius 3 is 2.83 bits per heavy atom. The SMILES string of the molecule is COc1ccc(C(=O)NC[C@H]2CCCNC2)cc1. The van der Waals surface area contributed by atoms with Gasteiger partial charge in [-0.3, -0.25) is 4.79 Å². The van der Waals surface area contributed by atoms with Crippen LogP contribution in [0.25, 0.3) is 0 Å². The number of benzene rings is 1. The second-order valence-electron chi connectivity index (χ2n) is 4.65. The number of piperidine rings is 1. The smallest absolute Gasteiger partial charge is 0.251 e. The highest BCUT2D eigenvalue weighted by Crippen LogP contribution is 2.12. The number of ether oxygens (including phenoxy) is 1. The van der Waals surface area contributed by atoms with E-state index in [0.717, 1.165) is 25.4 Å². The van der Waals surface area contributed by atoms with Crippen LogP contribution in [0.15, 0.2) is 24.3 Å². The van der Waals surface area contributed by atoms with Gasteiger partial charge < -0.3 is 15.4 Å². The van der Waals surface area contributed by atoms with Crippen LogP contribution in [0.3, 0.4) is 0 Å². The van der Waals surface area contributed by atoms with Crippen LogP contribution in [0.5, 0.6) is 5.75 Å². The molecule has 1 saturated heterocycles. The Morgan fingerprint density at radius 2 is 2.22 bits per heavy atom. The molecule has 98 valence electrons. The van der Waals surface area contributed by atoms with Gasteiger partial charge in [-0.2, -0.15) is 0 Å². The van der Waals surface area contributed by atoms with E-state index in [-0.39, 0.29) is 5.91 Å². The van der Waals surface area contributed by atoms with Crippen LogP contribution in [0.4, 0.5) is 0 Å². The zero-order valence-electron chi connectivity index (χ0n) is 10.7. The number of rotatable bonds is 4. The molecule has 0 aromatic heterocycles. The van der Waals surface area contributed by atoms with Crippen LogP contribution in [0.2, 0.25) is 0 Å². The Morgan fingerprint density at radius 1 is 1.44 bits per heavy atom. The first-order chi connectivity index (χ1) is 8.79. The number of amides is 1. The molecule has 1 atom stereocenters. The van der Waals surface area contributed by atoms with E-state index in [9.17, 15) is 4.79 Å². The summed E-state index contributed by atoms with van der Waals surface area (Å²) in [5.41, 5.74) is 0.680. The Balaban J connectivity index is 1.82. The molecular weight excluding hydrogens is 228 g/mol. The minimum absolute atomic E-state index is 0.0109. The van der Waals surface area contributed by atoms with Crippen LogP contribution in [-0.2, 0) is 0 Å². The Hall–Kier alpha value is -1.55. The number of nitrogens with one attached hydrogen (secondary N) is 2. The molecule has 1 fully saturated rings. The van der Waals surface area contributed by atoms with E-state index in [1.165, 1.54) is 12.8 Å². The first-order valence-corrected chi connectivity index (χ1v) is 6.42. The standard InChI is InChI=1S/C14H20N2O2/c1-18-13-6-4-12(5-7-13)14(17)16-10-11-3-2-8-15-9-11/h4-7,11,15H,2-3,8-10H2,1H3,(H,16,17)/t11-/m0/s1. The molecule has 1 heterocycles. The molecule has 2 rings (SSSR count). The van der Waals surface area contributed by atoms with Gasteiger partial charge in [-0.1, -0.05) is 0 Å². The van der Waals surface area contributed by atoms with Gasteiger partial charge in [0.05, 0.1) is 7.11 Å². The van der Waals surface area contributed by atoms with Crippen molar-refractivity contribution in [1.29, 1.82) is 0 Å². The topological polar surface area (TPSA) is 50.4 Å². The molecule has 0 bridgehead atoms. The van der Waals surface area contributed by atoms with Crippen molar-refractivity contribution in [2.24, 2.45) is 5.92 Å². The lowest BCUT2D eigenvalue weighted by atomic mass is 10.00. The number of hydrogen-bond donors (Lipinski definition) is 2. The van der Waals surface area contributed by atoms with Crippen molar-refractivity contribution in [3.63, 3.8) is 0 Å². The maximum absolute atomic E-state index is 11.9. The van der Waals surface area contributed by atoms with Gasteiger partial charge in [0.2, 0.25) is 0 Å². The van der Waals surface area contributed by atoms with E-state index < -0.39 is 0 Å². The van der Waals surface area contributed by atoms with Gasteiger partial charge in [0.25, 0.3) is 5.91 Å². The average Bonchev–Trinajstić information content (AvgIpc) is 2.46. The molecular formula is C14H20N2O2.